The van der Waals surface area contributed by atoms with Crippen LogP contribution in [0.4, 0.5) is 0 Å². The molecule has 1 amide bonds. The molecular formula is C5H10N4O. The average molecular weight is 142 g/mol. The predicted molar refractivity (Wildman–Crippen MR) is 39.0 cm³/mol. The lowest BCUT2D eigenvalue weighted by atomic mass is 10.3. The maximum absolute atomic E-state index is 10.4. The van der Waals surface area contributed by atoms with E-state index in [1.165, 1.54) is 7.05 Å². The van der Waals surface area contributed by atoms with Crippen LogP contribution in [0.25, 0.3) is 0 Å². The van der Waals surface area contributed by atoms with E-state index < -0.39 is 5.91 Å². The van der Waals surface area contributed by atoms with E-state index in [1.54, 1.807) is 0 Å². The van der Waals surface area contributed by atoms with Gasteiger partial charge in [-0.05, 0) is 0 Å². The lowest BCUT2D eigenvalue weighted by Gasteiger charge is -1.97. The summed E-state index contributed by atoms with van der Waals surface area (Å²) in [5.74, 6) is -0.679. The first kappa shape index (κ1) is 8.48. The number of nitrogens with zero attached hydrogens (tertiary/aromatic N) is 1. The molecule has 0 aromatic rings. The first-order valence-electron chi connectivity index (χ1n) is 2.57. The standard InChI is InChI=1S/C5H10N4O/c1-9-4(5(8)10)3(7)2-6/h2H,6-7H2,1H3,(H2,8,10)/b3-2+,9-4?. The minimum atomic E-state index is -0.679. The summed E-state index contributed by atoms with van der Waals surface area (Å²) >= 11 is 0. The molecule has 0 saturated carbocycles. The SMILES string of the molecule is CN=C(C(N)=O)/C(N)=C\N. The number of carbonyl (C=O) groups excluding carboxylic acids is 1. The lowest BCUT2D eigenvalue weighted by Crippen LogP contribution is -2.29. The monoisotopic (exact) mass is 142 g/mol. The van der Waals surface area contributed by atoms with Crippen molar-refractivity contribution in [2.45, 2.75) is 0 Å². The molecule has 0 fully saturated rings. The number of aliphatic imine (C=N–C) groups is 1. The van der Waals surface area contributed by atoms with E-state index in [0.717, 1.165) is 6.20 Å². The molecule has 5 nitrogen and oxygen atoms in total. The molecule has 6 N–H and O–H groups in total. The molecule has 0 saturated heterocycles. The van der Waals surface area contributed by atoms with Crippen molar-refractivity contribution in [3.8, 4) is 0 Å². The molecule has 0 aliphatic heterocycles. The van der Waals surface area contributed by atoms with Crippen molar-refractivity contribution >= 4 is 11.6 Å². The van der Waals surface area contributed by atoms with E-state index in [1.807, 2.05) is 0 Å². The number of carbonyl (C=O) groups is 1. The van der Waals surface area contributed by atoms with Gasteiger partial charge in [0.2, 0.25) is 0 Å². The fourth-order valence-electron chi connectivity index (χ4n) is 0.460. The Labute approximate surface area is 58.6 Å². The molecule has 0 aliphatic rings. The van der Waals surface area contributed by atoms with Gasteiger partial charge in [-0.1, -0.05) is 0 Å². The second-order valence-electron chi connectivity index (χ2n) is 1.56. The summed E-state index contributed by atoms with van der Waals surface area (Å²) < 4.78 is 0. The van der Waals surface area contributed by atoms with Crippen molar-refractivity contribution in [3.63, 3.8) is 0 Å². The van der Waals surface area contributed by atoms with Gasteiger partial charge in [0.25, 0.3) is 5.91 Å². The zero-order chi connectivity index (χ0) is 8.15. The van der Waals surface area contributed by atoms with E-state index in [2.05, 4.69) is 4.99 Å². The number of rotatable bonds is 2. The van der Waals surface area contributed by atoms with Crippen LogP contribution >= 0.6 is 0 Å². The summed E-state index contributed by atoms with van der Waals surface area (Å²) in [6, 6.07) is 0. The minimum absolute atomic E-state index is 0.00231. The molecule has 0 spiro atoms. The van der Waals surface area contributed by atoms with E-state index in [-0.39, 0.29) is 11.4 Å². The van der Waals surface area contributed by atoms with Crippen LogP contribution in [0.3, 0.4) is 0 Å². The molecule has 0 bridgehead atoms. The topological polar surface area (TPSA) is 107 Å². The predicted octanol–water partition coefficient (Wildman–Crippen LogP) is -1.70. The van der Waals surface area contributed by atoms with Crippen LogP contribution in [0.2, 0.25) is 0 Å². The van der Waals surface area contributed by atoms with Gasteiger partial charge in [0.15, 0.2) is 0 Å². The van der Waals surface area contributed by atoms with Crippen molar-refractivity contribution in [2.75, 3.05) is 7.05 Å². The summed E-state index contributed by atoms with van der Waals surface area (Å²) in [6.07, 6.45) is 1.08. The first-order valence-corrected chi connectivity index (χ1v) is 2.57. The van der Waals surface area contributed by atoms with Crippen LogP contribution in [-0.2, 0) is 4.79 Å². The van der Waals surface area contributed by atoms with Crippen LogP contribution in [0.5, 0.6) is 0 Å². The highest BCUT2D eigenvalue weighted by molar-refractivity contribution is 6.44. The maximum atomic E-state index is 10.4. The molecule has 0 radical (unpaired) electrons. The lowest BCUT2D eigenvalue weighted by molar-refractivity contribution is -0.111. The molecule has 5 heteroatoms. The van der Waals surface area contributed by atoms with Gasteiger partial charge in [0, 0.05) is 13.2 Å². The second-order valence-corrected chi connectivity index (χ2v) is 1.56. The van der Waals surface area contributed by atoms with Crippen molar-refractivity contribution < 1.29 is 4.79 Å². The Morgan fingerprint density at radius 1 is 1.50 bits per heavy atom. The van der Waals surface area contributed by atoms with Crippen molar-refractivity contribution in [1.82, 2.24) is 0 Å². The van der Waals surface area contributed by atoms with Gasteiger partial charge < -0.3 is 17.2 Å². The summed E-state index contributed by atoms with van der Waals surface area (Å²) in [7, 11) is 1.41. The summed E-state index contributed by atoms with van der Waals surface area (Å²) in [5.41, 5.74) is 15.2. The Hall–Kier alpha value is -1.52. The molecular weight excluding hydrogens is 132 g/mol. The maximum Gasteiger partial charge on any atom is 0.269 e. The number of hydrogen-bond acceptors (Lipinski definition) is 4. The van der Waals surface area contributed by atoms with Crippen LogP contribution in [0.15, 0.2) is 16.9 Å². The van der Waals surface area contributed by atoms with Crippen molar-refractivity contribution in [1.29, 1.82) is 0 Å². The normalized spacial score (nSPS) is 13.3. The fraction of sp³-hybridized carbons (Fsp3) is 0.200. The minimum Gasteiger partial charge on any atom is -0.403 e. The van der Waals surface area contributed by atoms with Gasteiger partial charge in [-0.25, -0.2) is 0 Å². The fourth-order valence-corrected chi connectivity index (χ4v) is 0.460. The van der Waals surface area contributed by atoms with E-state index >= 15 is 0 Å². The number of amides is 1. The number of nitrogens with two attached hydrogens (primary N) is 3. The highest BCUT2D eigenvalue weighted by Crippen LogP contribution is 1.85. The van der Waals surface area contributed by atoms with Gasteiger partial charge in [-0.3, -0.25) is 9.79 Å². The van der Waals surface area contributed by atoms with E-state index in [0.29, 0.717) is 0 Å². The molecule has 0 atom stereocenters. The number of primary amides is 1. The van der Waals surface area contributed by atoms with Gasteiger partial charge in [-0.15, -0.1) is 0 Å². The quantitative estimate of drug-likeness (QED) is 0.400. The zero-order valence-electron chi connectivity index (χ0n) is 5.66. The van der Waals surface area contributed by atoms with Gasteiger partial charge in [0.1, 0.15) is 5.71 Å². The smallest absolute Gasteiger partial charge is 0.269 e. The van der Waals surface area contributed by atoms with E-state index in [9.17, 15) is 4.79 Å². The first-order chi connectivity index (χ1) is 4.63. The third kappa shape index (κ3) is 1.77. The third-order valence-electron chi connectivity index (χ3n) is 0.910. The Bertz CT molecular complexity index is 194. The largest absolute Gasteiger partial charge is 0.403 e. The zero-order valence-corrected chi connectivity index (χ0v) is 5.66. The Morgan fingerprint density at radius 2 is 2.00 bits per heavy atom. The van der Waals surface area contributed by atoms with Crippen LogP contribution in [0.1, 0.15) is 0 Å². The van der Waals surface area contributed by atoms with Crippen molar-refractivity contribution in [3.05, 3.63) is 11.9 Å². The van der Waals surface area contributed by atoms with Crippen LogP contribution in [-0.4, -0.2) is 18.7 Å². The number of hydrogen-bond donors (Lipinski definition) is 3. The molecule has 0 heterocycles. The van der Waals surface area contributed by atoms with E-state index in [4.69, 9.17) is 17.2 Å². The molecule has 0 unspecified atom stereocenters. The average Bonchev–Trinajstić information content (AvgIpc) is 1.88. The summed E-state index contributed by atoms with van der Waals surface area (Å²) in [6.45, 7) is 0. The second kappa shape index (κ2) is 3.49. The van der Waals surface area contributed by atoms with Gasteiger partial charge in [0.05, 0.1) is 5.70 Å². The van der Waals surface area contributed by atoms with Crippen molar-refractivity contribution in [2.24, 2.45) is 22.2 Å². The van der Waals surface area contributed by atoms with Gasteiger partial charge in [-0.2, -0.15) is 0 Å². The van der Waals surface area contributed by atoms with Crippen LogP contribution < -0.4 is 17.2 Å². The molecule has 10 heavy (non-hydrogen) atoms. The third-order valence-corrected chi connectivity index (χ3v) is 0.910. The highest BCUT2D eigenvalue weighted by Gasteiger charge is 2.07. The molecule has 0 aliphatic carbocycles. The molecule has 0 aromatic heterocycles. The Morgan fingerprint density at radius 3 is 2.10 bits per heavy atom. The summed E-state index contributed by atoms with van der Waals surface area (Å²) in [4.78, 5) is 14.0. The summed E-state index contributed by atoms with van der Waals surface area (Å²) in [5, 5.41) is 0. The molecule has 56 valence electrons. The molecule has 0 rings (SSSR count). The highest BCUT2D eigenvalue weighted by atomic mass is 16.1. The Balaban J connectivity index is 4.56. The Kier molecular flexibility index (Phi) is 2.96. The van der Waals surface area contributed by atoms with Gasteiger partial charge >= 0.3 is 0 Å². The van der Waals surface area contributed by atoms with Crippen LogP contribution in [0, 0.1) is 0 Å². The molecule has 0 aromatic carbocycles.